The van der Waals surface area contributed by atoms with Crippen molar-refractivity contribution in [2.75, 3.05) is 156 Å². The van der Waals surface area contributed by atoms with E-state index in [1.165, 1.54) is 35.8 Å². The summed E-state index contributed by atoms with van der Waals surface area (Å²) in [6.45, 7) is 11.4. The van der Waals surface area contributed by atoms with Crippen LogP contribution in [0, 0.1) is 0 Å². The third-order valence-corrected chi connectivity index (χ3v) is 7.01. The first-order valence-electron chi connectivity index (χ1n) is 16.7. The number of halogens is 1. The van der Waals surface area contributed by atoms with Gasteiger partial charge >= 0.3 is 0 Å². The summed E-state index contributed by atoms with van der Waals surface area (Å²) in [5.74, 6) is -0.610. The van der Waals surface area contributed by atoms with Gasteiger partial charge in [0.2, 0.25) is 0 Å². The molecule has 0 N–H and O–H groups in total. The molecule has 0 spiro atoms. The number of imide groups is 1. The highest BCUT2D eigenvalue weighted by Gasteiger charge is 2.22. The zero-order chi connectivity index (χ0) is 33.7. The molecule has 0 atom stereocenters. The van der Waals surface area contributed by atoms with Crippen LogP contribution in [-0.4, -0.2) is 173 Å². The van der Waals surface area contributed by atoms with Gasteiger partial charge in [-0.15, -0.1) is 0 Å². The quantitative estimate of drug-likeness (QED) is 0.0389. The maximum atomic E-state index is 11.4. The summed E-state index contributed by atoms with van der Waals surface area (Å²) in [5.41, 5.74) is 0. The third kappa shape index (κ3) is 30.9. The standard InChI is InChI=1S/C32H58INO13/c33-7-3-1-2-4-9-37-11-13-39-15-17-41-19-21-43-23-25-45-27-29-47-30-28-46-26-24-44-22-20-42-18-16-40-14-12-38-10-8-34-31(35)5-6-32(34)36/h5-6H,1-4,7-30H2. The first-order chi connectivity index (χ1) is 23.3. The molecular weight excluding hydrogens is 733 g/mol. The lowest BCUT2D eigenvalue weighted by atomic mass is 10.2. The van der Waals surface area contributed by atoms with Crippen molar-refractivity contribution in [2.45, 2.75) is 25.7 Å². The van der Waals surface area contributed by atoms with Gasteiger partial charge in [-0.05, 0) is 17.3 Å². The van der Waals surface area contributed by atoms with Crippen LogP contribution in [0.15, 0.2) is 12.2 Å². The van der Waals surface area contributed by atoms with Crippen LogP contribution in [0.2, 0.25) is 0 Å². The Morgan fingerprint density at radius 2 is 0.617 bits per heavy atom. The minimum absolute atomic E-state index is 0.241. The van der Waals surface area contributed by atoms with E-state index in [4.69, 9.17) is 52.1 Å². The fourth-order valence-electron chi connectivity index (χ4n) is 3.76. The summed E-state index contributed by atoms with van der Waals surface area (Å²) >= 11 is 2.42. The van der Waals surface area contributed by atoms with E-state index in [-0.39, 0.29) is 25.0 Å². The second-order valence-corrected chi connectivity index (χ2v) is 11.1. The lowest BCUT2D eigenvalue weighted by molar-refractivity contribution is -0.137. The summed E-state index contributed by atoms with van der Waals surface area (Å²) < 4.78 is 61.4. The Morgan fingerprint density at radius 1 is 0.362 bits per heavy atom. The predicted octanol–water partition coefficient (Wildman–Crippen LogP) is 2.09. The number of hydrogen-bond acceptors (Lipinski definition) is 13. The van der Waals surface area contributed by atoms with Gasteiger partial charge in [-0.25, -0.2) is 0 Å². The average Bonchev–Trinajstić information content (AvgIpc) is 3.40. The van der Waals surface area contributed by atoms with Gasteiger partial charge in [0.05, 0.1) is 145 Å². The highest BCUT2D eigenvalue weighted by Crippen LogP contribution is 2.03. The second-order valence-electron chi connectivity index (χ2n) is 10.0. The van der Waals surface area contributed by atoms with E-state index in [1.807, 2.05) is 0 Å². The van der Waals surface area contributed by atoms with Crippen LogP contribution in [-0.2, 0) is 61.7 Å². The highest BCUT2D eigenvalue weighted by atomic mass is 127. The largest absolute Gasteiger partial charge is 0.379 e. The molecule has 15 heteroatoms. The van der Waals surface area contributed by atoms with Gasteiger partial charge in [0.15, 0.2) is 0 Å². The average molecular weight is 792 g/mol. The van der Waals surface area contributed by atoms with E-state index in [0.717, 1.165) is 17.9 Å². The monoisotopic (exact) mass is 791 g/mol. The number of carbonyl (C=O) groups is 2. The molecule has 0 aromatic heterocycles. The van der Waals surface area contributed by atoms with Gasteiger partial charge in [0, 0.05) is 18.8 Å². The second kappa shape index (κ2) is 36.5. The maximum absolute atomic E-state index is 11.4. The zero-order valence-electron chi connectivity index (χ0n) is 28.1. The first-order valence-corrected chi connectivity index (χ1v) is 18.2. The SMILES string of the molecule is O=C1C=CC(=O)N1CCOCCOCCOCCOCCOCCOCCOCCOCCOCCOCCOCCCCCCI. The van der Waals surface area contributed by atoms with Crippen LogP contribution in [0.3, 0.4) is 0 Å². The van der Waals surface area contributed by atoms with Gasteiger partial charge in [0.25, 0.3) is 11.8 Å². The van der Waals surface area contributed by atoms with Crippen molar-refractivity contribution in [1.82, 2.24) is 4.90 Å². The van der Waals surface area contributed by atoms with Crippen LogP contribution in [0.25, 0.3) is 0 Å². The van der Waals surface area contributed by atoms with Crippen LogP contribution in [0.1, 0.15) is 25.7 Å². The van der Waals surface area contributed by atoms with E-state index in [1.54, 1.807) is 0 Å². The van der Waals surface area contributed by atoms with Gasteiger partial charge in [-0.2, -0.15) is 0 Å². The molecule has 0 saturated carbocycles. The number of hydrogen-bond donors (Lipinski definition) is 0. The van der Waals surface area contributed by atoms with E-state index < -0.39 is 0 Å². The maximum Gasteiger partial charge on any atom is 0.253 e. The normalized spacial score (nSPS) is 13.1. The van der Waals surface area contributed by atoms with Gasteiger partial charge in [0.1, 0.15) is 0 Å². The number of alkyl halides is 1. The lowest BCUT2D eigenvalue weighted by Gasteiger charge is -2.13. The summed E-state index contributed by atoms with van der Waals surface area (Å²) in [4.78, 5) is 23.9. The zero-order valence-corrected chi connectivity index (χ0v) is 30.2. The fraction of sp³-hybridized carbons (Fsp3) is 0.875. The van der Waals surface area contributed by atoms with Crippen molar-refractivity contribution < 1.29 is 61.7 Å². The Kier molecular flexibility index (Phi) is 34.3. The van der Waals surface area contributed by atoms with E-state index in [9.17, 15) is 9.59 Å². The molecule has 0 aromatic carbocycles. The smallest absolute Gasteiger partial charge is 0.253 e. The Hall–Kier alpha value is -0.830. The molecule has 0 saturated heterocycles. The third-order valence-electron chi connectivity index (χ3n) is 6.25. The molecule has 1 aliphatic heterocycles. The predicted molar refractivity (Wildman–Crippen MR) is 182 cm³/mol. The van der Waals surface area contributed by atoms with Gasteiger partial charge in [-0.3, -0.25) is 14.5 Å². The van der Waals surface area contributed by atoms with Crippen molar-refractivity contribution in [1.29, 1.82) is 0 Å². The molecule has 0 unspecified atom stereocenters. The van der Waals surface area contributed by atoms with Crippen LogP contribution < -0.4 is 0 Å². The molecule has 47 heavy (non-hydrogen) atoms. The van der Waals surface area contributed by atoms with E-state index in [2.05, 4.69) is 22.6 Å². The van der Waals surface area contributed by atoms with Crippen LogP contribution in [0.4, 0.5) is 0 Å². The Morgan fingerprint density at radius 3 is 0.915 bits per heavy atom. The van der Waals surface area contributed by atoms with E-state index >= 15 is 0 Å². The lowest BCUT2D eigenvalue weighted by Crippen LogP contribution is -2.33. The molecule has 0 radical (unpaired) electrons. The summed E-state index contributed by atoms with van der Waals surface area (Å²) in [5, 5.41) is 0. The Balaban J connectivity index is 1.62. The minimum atomic E-state index is -0.305. The number of rotatable bonds is 39. The summed E-state index contributed by atoms with van der Waals surface area (Å²) in [7, 11) is 0. The van der Waals surface area contributed by atoms with Gasteiger partial charge < -0.3 is 52.1 Å². The molecule has 1 aliphatic rings. The number of carbonyl (C=O) groups excluding carboxylic acids is 2. The molecule has 276 valence electrons. The van der Waals surface area contributed by atoms with Crippen molar-refractivity contribution >= 4 is 34.4 Å². The summed E-state index contributed by atoms with van der Waals surface area (Å²) in [6, 6.07) is 0. The topological polar surface area (TPSA) is 139 Å². The molecule has 14 nitrogen and oxygen atoms in total. The molecule has 0 fully saturated rings. The fourth-order valence-corrected chi connectivity index (χ4v) is 4.30. The summed E-state index contributed by atoms with van der Waals surface area (Å²) in [6.07, 6.45) is 7.47. The number of unbranched alkanes of at least 4 members (excludes halogenated alkanes) is 3. The molecule has 0 bridgehead atoms. The van der Waals surface area contributed by atoms with Crippen LogP contribution in [0.5, 0.6) is 0 Å². The molecule has 1 heterocycles. The number of amides is 2. The highest BCUT2D eigenvalue weighted by molar-refractivity contribution is 14.1. The molecular formula is C32H58INO13. The molecule has 1 rings (SSSR count). The molecule has 0 aromatic rings. The number of ether oxygens (including phenoxy) is 11. The minimum Gasteiger partial charge on any atom is -0.379 e. The van der Waals surface area contributed by atoms with E-state index in [0.29, 0.717) is 132 Å². The Labute approximate surface area is 294 Å². The van der Waals surface area contributed by atoms with Crippen LogP contribution >= 0.6 is 22.6 Å². The van der Waals surface area contributed by atoms with Crippen molar-refractivity contribution in [3.8, 4) is 0 Å². The van der Waals surface area contributed by atoms with Crippen molar-refractivity contribution in [3.05, 3.63) is 12.2 Å². The van der Waals surface area contributed by atoms with Crippen molar-refractivity contribution in [3.63, 3.8) is 0 Å². The van der Waals surface area contributed by atoms with Crippen molar-refractivity contribution in [2.24, 2.45) is 0 Å². The molecule has 2 amide bonds. The van der Waals surface area contributed by atoms with Gasteiger partial charge in [-0.1, -0.05) is 35.4 Å². The Bertz CT molecular complexity index is 717. The first kappa shape index (κ1) is 44.2. The number of nitrogens with zero attached hydrogens (tertiary/aromatic N) is 1. The molecule has 0 aliphatic carbocycles.